The summed E-state index contributed by atoms with van der Waals surface area (Å²) in [4.78, 5) is 0. The molecule has 0 bridgehead atoms. The molecule has 31 valence electrons. The van der Waals surface area contributed by atoms with E-state index in [1.807, 2.05) is 0 Å². The number of rotatable bonds is 0. The SMILES string of the molecule is [O]c1ccns1. The van der Waals surface area contributed by atoms with Crippen LogP contribution in [0.2, 0.25) is 0 Å². The molecule has 2 nitrogen and oxygen atoms in total. The first-order valence-corrected chi connectivity index (χ1v) is 2.24. The standard InChI is InChI=1S/C3H2NOS/c5-3-1-2-4-6-3/h1-2H. The maximum absolute atomic E-state index is 10.0. The third-order valence-corrected chi connectivity index (χ3v) is 0.957. The van der Waals surface area contributed by atoms with Crippen LogP contribution in [0.1, 0.15) is 0 Å². The summed E-state index contributed by atoms with van der Waals surface area (Å²) in [7, 11) is 0. The number of hydrogen-bond acceptors (Lipinski definition) is 2. The van der Waals surface area contributed by atoms with Gasteiger partial charge in [0.2, 0.25) is 0 Å². The summed E-state index contributed by atoms with van der Waals surface area (Å²) in [6.45, 7) is 0. The fraction of sp³-hybridized carbons (Fsp3) is 0. The van der Waals surface area contributed by atoms with Crippen molar-refractivity contribution in [3.63, 3.8) is 0 Å². The lowest BCUT2D eigenvalue weighted by molar-refractivity contribution is 0.368. The normalized spacial score (nSPS) is 8.67. The molecule has 0 amide bonds. The molecule has 0 atom stereocenters. The van der Waals surface area contributed by atoms with Gasteiger partial charge in [-0.15, -0.1) is 0 Å². The van der Waals surface area contributed by atoms with Gasteiger partial charge in [-0.1, -0.05) is 0 Å². The molecule has 0 unspecified atom stereocenters. The van der Waals surface area contributed by atoms with Crippen molar-refractivity contribution < 1.29 is 5.11 Å². The van der Waals surface area contributed by atoms with Gasteiger partial charge in [-0.25, -0.2) is 0 Å². The number of aromatic nitrogens is 1. The molecule has 0 aliphatic heterocycles. The second-order valence-electron chi connectivity index (χ2n) is 0.831. The summed E-state index contributed by atoms with van der Waals surface area (Å²) in [6, 6.07) is 1.44. The summed E-state index contributed by atoms with van der Waals surface area (Å²) >= 11 is 0.972. The van der Waals surface area contributed by atoms with Gasteiger partial charge in [0.1, 0.15) is 0 Å². The van der Waals surface area contributed by atoms with E-state index in [0.717, 1.165) is 11.5 Å². The van der Waals surface area contributed by atoms with Crippen LogP contribution in [0.25, 0.3) is 0 Å². The highest BCUT2D eigenvalue weighted by Gasteiger charge is 1.83. The van der Waals surface area contributed by atoms with Gasteiger partial charge in [0.05, 0.1) is 0 Å². The molecule has 0 fully saturated rings. The first-order chi connectivity index (χ1) is 2.89. The molecule has 0 saturated heterocycles. The molecule has 0 aliphatic carbocycles. The zero-order chi connectivity index (χ0) is 4.41. The Morgan fingerprint density at radius 3 is 2.83 bits per heavy atom. The van der Waals surface area contributed by atoms with E-state index in [1.165, 1.54) is 12.3 Å². The third kappa shape index (κ3) is 0.490. The Bertz CT molecular complexity index is 114. The van der Waals surface area contributed by atoms with Crippen LogP contribution >= 0.6 is 11.5 Å². The first kappa shape index (κ1) is 3.61. The van der Waals surface area contributed by atoms with Crippen LogP contribution in [0.3, 0.4) is 0 Å². The highest BCUT2D eigenvalue weighted by Crippen LogP contribution is 2.11. The highest BCUT2D eigenvalue weighted by molar-refractivity contribution is 7.07. The van der Waals surface area contributed by atoms with Crippen molar-refractivity contribution in [1.29, 1.82) is 0 Å². The van der Waals surface area contributed by atoms with Gasteiger partial charge in [-0.3, -0.25) is 5.11 Å². The topological polar surface area (TPSA) is 32.8 Å². The van der Waals surface area contributed by atoms with Crippen molar-refractivity contribution in [3.05, 3.63) is 12.3 Å². The Morgan fingerprint density at radius 1 is 1.83 bits per heavy atom. The fourth-order valence-electron chi connectivity index (χ4n) is 0.204. The van der Waals surface area contributed by atoms with Crippen LogP contribution in [0.5, 0.6) is 5.06 Å². The molecule has 1 heterocycles. The molecule has 6 heavy (non-hydrogen) atoms. The molecule has 0 aromatic carbocycles. The van der Waals surface area contributed by atoms with E-state index in [2.05, 4.69) is 4.37 Å². The smallest absolute Gasteiger partial charge is 0.251 e. The van der Waals surface area contributed by atoms with Crippen LogP contribution in [-0.2, 0) is 5.11 Å². The maximum atomic E-state index is 10.0. The monoisotopic (exact) mass is 100.0 g/mol. The van der Waals surface area contributed by atoms with E-state index >= 15 is 0 Å². The van der Waals surface area contributed by atoms with Crippen LogP contribution in [0.15, 0.2) is 12.3 Å². The Balaban J connectivity index is 3.05. The Kier molecular flexibility index (Phi) is 0.759. The van der Waals surface area contributed by atoms with E-state index in [9.17, 15) is 5.11 Å². The van der Waals surface area contributed by atoms with E-state index in [1.54, 1.807) is 0 Å². The quantitative estimate of drug-likeness (QED) is 0.483. The third-order valence-electron chi connectivity index (χ3n) is 0.414. The lowest BCUT2D eigenvalue weighted by Crippen LogP contribution is -1.32. The van der Waals surface area contributed by atoms with Crippen molar-refractivity contribution in [2.45, 2.75) is 0 Å². The van der Waals surface area contributed by atoms with Gasteiger partial charge >= 0.3 is 0 Å². The van der Waals surface area contributed by atoms with Gasteiger partial charge in [0.25, 0.3) is 5.06 Å². The zero-order valence-corrected chi connectivity index (χ0v) is 3.73. The predicted molar refractivity (Wildman–Crippen MR) is 22.2 cm³/mol. The molecule has 0 spiro atoms. The molecule has 0 aliphatic rings. The predicted octanol–water partition coefficient (Wildman–Crippen LogP) is 1.29. The number of nitrogens with zero attached hydrogens (tertiary/aromatic N) is 1. The molecular formula is C3H2NOS. The summed E-state index contributed by atoms with van der Waals surface area (Å²) in [6.07, 6.45) is 1.49. The second kappa shape index (κ2) is 1.26. The number of hydrogen-bond donors (Lipinski definition) is 0. The molecule has 1 aromatic heterocycles. The largest absolute Gasteiger partial charge is 0.276 e. The molecule has 0 saturated carbocycles. The van der Waals surface area contributed by atoms with Crippen LogP contribution in [-0.4, -0.2) is 4.37 Å². The van der Waals surface area contributed by atoms with E-state index in [-0.39, 0.29) is 5.06 Å². The van der Waals surface area contributed by atoms with E-state index in [4.69, 9.17) is 0 Å². The minimum absolute atomic E-state index is 0.0231. The Morgan fingerprint density at radius 2 is 2.67 bits per heavy atom. The average molecular weight is 100 g/mol. The van der Waals surface area contributed by atoms with Gasteiger partial charge in [-0.05, 0) is 0 Å². The Labute approximate surface area is 39.2 Å². The first-order valence-electron chi connectivity index (χ1n) is 1.47. The van der Waals surface area contributed by atoms with Crippen LogP contribution in [0.4, 0.5) is 0 Å². The lowest BCUT2D eigenvalue weighted by atomic mass is 10.7. The van der Waals surface area contributed by atoms with Crippen molar-refractivity contribution in [2.75, 3.05) is 0 Å². The minimum atomic E-state index is 0.0231. The Hall–Kier alpha value is -0.570. The molecule has 1 rings (SSSR count). The lowest BCUT2D eigenvalue weighted by Gasteiger charge is -1.57. The van der Waals surface area contributed by atoms with Gasteiger partial charge in [-0.2, -0.15) is 4.37 Å². The van der Waals surface area contributed by atoms with Crippen molar-refractivity contribution in [1.82, 2.24) is 4.37 Å². The van der Waals surface area contributed by atoms with Gasteiger partial charge in [0.15, 0.2) is 0 Å². The molecule has 1 aromatic rings. The highest BCUT2D eigenvalue weighted by atomic mass is 32.1. The van der Waals surface area contributed by atoms with Crippen molar-refractivity contribution in [3.8, 4) is 5.06 Å². The molecule has 1 radical (unpaired) electrons. The fourth-order valence-corrected chi connectivity index (χ4v) is 0.551. The average Bonchev–Trinajstić information content (AvgIpc) is 1.86. The summed E-state index contributed by atoms with van der Waals surface area (Å²) < 4.78 is 3.55. The summed E-state index contributed by atoms with van der Waals surface area (Å²) in [5.74, 6) is 0. The molecule has 0 N–H and O–H groups in total. The molecular weight excluding hydrogens is 98.1 g/mol. The van der Waals surface area contributed by atoms with E-state index < -0.39 is 0 Å². The summed E-state index contributed by atoms with van der Waals surface area (Å²) in [5, 5.41) is 10.0. The van der Waals surface area contributed by atoms with Crippen molar-refractivity contribution >= 4 is 11.5 Å². The van der Waals surface area contributed by atoms with Gasteiger partial charge < -0.3 is 0 Å². The van der Waals surface area contributed by atoms with Gasteiger partial charge in [0, 0.05) is 23.8 Å². The minimum Gasteiger partial charge on any atom is -0.276 e. The van der Waals surface area contributed by atoms with Crippen molar-refractivity contribution in [2.24, 2.45) is 0 Å². The van der Waals surface area contributed by atoms with Crippen LogP contribution in [0, 0.1) is 0 Å². The van der Waals surface area contributed by atoms with Crippen LogP contribution < -0.4 is 0 Å². The zero-order valence-electron chi connectivity index (χ0n) is 2.92. The summed E-state index contributed by atoms with van der Waals surface area (Å²) in [5.41, 5.74) is 0. The molecule has 3 heteroatoms. The van der Waals surface area contributed by atoms with E-state index in [0.29, 0.717) is 0 Å². The maximum Gasteiger partial charge on any atom is 0.251 e. The second-order valence-corrected chi connectivity index (χ2v) is 1.63.